The van der Waals surface area contributed by atoms with Crippen LogP contribution in [0.3, 0.4) is 0 Å². The molecule has 0 aliphatic rings. The molecule has 0 aliphatic heterocycles. The van der Waals surface area contributed by atoms with Crippen LogP contribution in [0.25, 0.3) is 0 Å². The second-order valence-corrected chi connectivity index (χ2v) is 4.09. The summed E-state index contributed by atoms with van der Waals surface area (Å²) >= 11 is 3.24. The molecule has 0 radical (unpaired) electrons. The lowest BCUT2D eigenvalue weighted by molar-refractivity contribution is 0.0771. The molecule has 1 amide bonds. The van der Waals surface area contributed by atoms with E-state index in [4.69, 9.17) is 6.42 Å². The fourth-order valence-corrected chi connectivity index (χ4v) is 1.67. The molecule has 0 unspecified atom stereocenters. The monoisotopic (exact) mass is 280 g/mol. The van der Waals surface area contributed by atoms with Crippen LogP contribution in [0.5, 0.6) is 0 Å². The van der Waals surface area contributed by atoms with Crippen LogP contribution in [0.1, 0.15) is 23.8 Å². The van der Waals surface area contributed by atoms with Crippen molar-refractivity contribution in [2.24, 2.45) is 0 Å². The molecular weight excluding hydrogens is 268 g/mol. The van der Waals surface area contributed by atoms with Gasteiger partial charge < -0.3 is 4.90 Å². The second kappa shape index (κ2) is 6.29. The van der Waals surface area contributed by atoms with Crippen LogP contribution < -0.4 is 0 Å². The molecule has 0 N–H and O–H groups in total. The van der Waals surface area contributed by atoms with Crippen LogP contribution in [0.2, 0.25) is 0 Å². The summed E-state index contributed by atoms with van der Waals surface area (Å²) in [6.07, 6.45) is 6.11. The molecule has 1 rings (SSSR count). The van der Waals surface area contributed by atoms with Gasteiger partial charge in [-0.3, -0.25) is 4.79 Å². The number of terminal acetylenes is 1. The SMILES string of the molecule is C#CCN(CCC)C(=O)c1cccc(Br)n1. The molecule has 0 aliphatic carbocycles. The van der Waals surface area contributed by atoms with Crippen LogP contribution in [0.15, 0.2) is 22.8 Å². The van der Waals surface area contributed by atoms with Gasteiger partial charge in [0.05, 0.1) is 6.54 Å². The predicted octanol–water partition coefficient (Wildman–Crippen LogP) is 2.33. The zero-order valence-electron chi connectivity index (χ0n) is 9.11. The molecule has 1 aromatic heterocycles. The van der Waals surface area contributed by atoms with Crippen molar-refractivity contribution < 1.29 is 4.79 Å². The van der Waals surface area contributed by atoms with Crippen molar-refractivity contribution in [2.75, 3.05) is 13.1 Å². The molecule has 1 aromatic rings. The van der Waals surface area contributed by atoms with Gasteiger partial charge in [-0.15, -0.1) is 6.42 Å². The summed E-state index contributed by atoms with van der Waals surface area (Å²) in [6, 6.07) is 5.25. The Labute approximate surface area is 104 Å². The van der Waals surface area contributed by atoms with E-state index in [1.165, 1.54) is 0 Å². The minimum atomic E-state index is -0.124. The highest BCUT2D eigenvalue weighted by molar-refractivity contribution is 9.10. The number of hydrogen-bond acceptors (Lipinski definition) is 2. The van der Waals surface area contributed by atoms with Gasteiger partial charge in [-0.25, -0.2) is 4.98 Å². The molecule has 0 spiro atoms. The summed E-state index contributed by atoms with van der Waals surface area (Å²) < 4.78 is 0.649. The van der Waals surface area contributed by atoms with Gasteiger partial charge >= 0.3 is 0 Å². The fraction of sp³-hybridized carbons (Fsp3) is 0.333. The van der Waals surface area contributed by atoms with E-state index in [1.54, 1.807) is 23.1 Å². The molecule has 0 bridgehead atoms. The maximum Gasteiger partial charge on any atom is 0.273 e. The number of aromatic nitrogens is 1. The van der Waals surface area contributed by atoms with Gasteiger partial charge in [-0.05, 0) is 34.5 Å². The number of pyridine rings is 1. The molecular formula is C12H13BrN2O. The first-order chi connectivity index (χ1) is 7.69. The predicted molar refractivity (Wildman–Crippen MR) is 67.0 cm³/mol. The summed E-state index contributed by atoms with van der Waals surface area (Å²) in [6.45, 7) is 2.98. The molecule has 1 heterocycles. The zero-order chi connectivity index (χ0) is 12.0. The Morgan fingerprint density at radius 3 is 2.94 bits per heavy atom. The van der Waals surface area contributed by atoms with Gasteiger partial charge in [0.1, 0.15) is 10.3 Å². The summed E-state index contributed by atoms with van der Waals surface area (Å²) in [7, 11) is 0. The first-order valence-electron chi connectivity index (χ1n) is 5.04. The van der Waals surface area contributed by atoms with Gasteiger partial charge in [0.15, 0.2) is 0 Å². The van der Waals surface area contributed by atoms with Crippen LogP contribution in [-0.4, -0.2) is 28.9 Å². The Morgan fingerprint density at radius 1 is 1.62 bits per heavy atom. The lowest BCUT2D eigenvalue weighted by Gasteiger charge is -2.18. The first-order valence-corrected chi connectivity index (χ1v) is 5.83. The summed E-state index contributed by atoms with van der Waals surface area (Å²) in [5, 5.41) is 0. The average Bonchev–Trinajstić information content (AvgIpc) is 2.28. The maximum absolute atomic E-state index is 12.0. The summed E-state index contributed by atoms with van der Waals surface area (Å²) in [5.41, 5.74) is 0.415. The van der Waals surface area contributed by atoms with Crippen molar-refractivity contribution in [3.05, 3.63) is 28.5 Å². The molecule has 0 fully saturated rings. The Kier molecular flexibility index (Phi) is 5.00. The first kappa shape index (κ1) is 12.7. The number of amides is 1. The summed E-state index contributed by atoms with van der Waals surface area (Å²) in [4.78, 5) is 17.8. The molecule has 0 aromatic carbocycles. The number of nitrogens with zero attached hydrogens (tertiary/aromatic N) is 2. The quantitative estimate of drug-likeness (QED) is 0.627. The van der Waals surface area contributed by atoms with Gasteiger partial charge in [0.2, 0.25) is 0 Å². The van der Waals surface area contributed by atoms with Crippen molar-refractivity contribution >= 4 is 21.8 Å². The van der Waals surface area contributed by atoms with E-state index < -0.39 is 0 Å². The van der Waals surface area contributed by atoms with E-state index in [9.17, 15) is 4.79 Å². The number of carbonyl (C=O) groups is 1. The minimum Gasteiger partial charge on any atom is -0.326 e. The van der Waals surface area contributed by atoms with Crippen LogP contribution in [-0.2, 0) is 0 Å². The van der Waals surface area contributed by atoms with E-state index in [0.29, 0.717) is 23.4 Å². The van der Waals surface area contributed by atoms with Crippen molar-refractivity contribution in [3.63, 3.8) is 0 Å². The van der Waals surface area contributed by atoms with Crippen molar-refractivity contribution in [2.45, 2.75) is 13.3 Å². The second-order valence-electron chi connectivity index (χ2n) is 3.28. The van der Waals surface area contributed by atoms with E-state index in [1.807, 2.05) is 6.92 Å². The van der Waals surface area contributed by atoms with Crippen LogP contribution in [0.4, 0.5) is 0 Å². The average molecular weight is 281 g/mol. The van der Waals surface area contributed by atoms with E-state index in [-0.39, 0.29) is 5.91 Å². The largest absolute Gasteiger partial charge is 0.326 e. The molecule has 4 heteroatoms. The number of carbonyl (C=O) groups excluding carboxylic acids is 1. The highest BCUT2D eigenvalue weighted by Crippen LogP contribution is 2.08. The van der Waals surface area contributed by atoms with Crippen LogP contribution >= 0.6 is 15.9 Å². The van der Waals surface area contributed by atoms with Crippen LogP contribution in [0, 0.1) is 12.3 Å². The number of hydrogen-bond donors (Lipinski definition) is 0. The van der Waals surface area contributed by atoms with E-state index in [0.717, 1.165) is 6.42 Å². The smallest absolute Gasteiger partial charge is 0.273 e. The van der Waals surface area contributed by atoms with E-state index >= 15 is 0 Å². The molecule has 0 atom stereocenters. The fourth-order valence-electron chi connectivity index (χ4n) is 1.32. The van der Waals surface area contributed by atoms with Crippen molar-refractivity contribution in [1.29, 1.82) is 0 Å². The van der Waals surface area contributed by atoms with Gasteiger partial charge in [-0.1, -0.05) is 18.9 Å². The molecule has 0 saturated carbocycles. The number of halogens is 1. The van der Waals surface area contributed by atoms with Gasteiger partial charge in [0.25, 0.3) is 5.91 Å². The van der Waals surface area contributed by atoms with Crippen molar-refractivity contribution in [1.82, 2.24) is 9.88 Å². The molecule has 16 heavy (non-hydrogen) atoms. The normalized spacial score (nSPS) is 9.56. The zero-order valence-corrected chi connectivity index (χ0v) is 10.7. The Balaban J connectivity index is 2.86. The number of rotatable bonds is 4. The van der Waals surface area contributed by atoms with Gasteiger partial charge in [0, 0.05) is 6.54 Å². The minimum absolute atomic E-state index is 0.124. The highest BCUT2D eigenvalue weighted by Gasteiger charge is 2.15. The lowest BCUT2D eigenvalue weighted by Crippen LogP contribution is -2.32. The van der Waals surface area contributed by atoms with Gasteiger partial charge in [-0.2, -0.15) is 0 Å². The molecule has 3 nitrogen and oxygen atoms in total. The topological polar surface area (TPSA) is 33.2 Å². The standard InChI is InChI=1S/C12H13BrN2O/c1-3-8-15(9-4-2)12(16)10-6-5-7-11(13)14-10/h1,5-7H,4,8-9H2,2H3. The Hall–Kier alpha value is -1.34. The third kappa shape index (κ3) is 3.35. The Bertz CT molecular complexity index is 412. The summed E-state index contributed by atoms with van der Waals surface area (Å²) in [5.74, 6) is 2.36. The van der Waals surface area contributed by atoms with Crippen molar-refractivity contribution in [3.8, 4) is 12.3 Å². The lowest BCUT2D eigenvalue weighted by atomic mass is 10.3. The third-order valence-electron chi connectivity index (χ3n) is 2.00. The third-order valence-corrected chi connectivity index (χ3v) is 2.44. The maximum atomic E-state index is 12.0. The van der Waals surface area contributed by atoms with E-state index in [2.05, 4.69) is 26.8 Å². The Morgan fingerprint density at radius 2 is 2.38 bits per heavy atom. The molecule has 84 valence electrons. The molecule has 0 saturated heterocycles. The highest BCUT2D eigenvalue weighted by atomic mass is 79.9.